The van der Waals surface area contributed by atoms with Gasteiger partial charge in [0.15, 0.2) is 0 Å². The molecule has 4 nitrogen and oxygen atoms in total. The van der Waals surface area contributed by atoms with Crippen molar-refractivity contribution in [2.24, 2.45) is 0 Å². The molecule has 0 saturated carbocycles. The van der Waals surface area contributed by atoms with Crippen molar-refractivity contribution in [1.82, 2.24) is 4.57 Å². The summed E-state index contributed by atoms with van der Waals surface area (Å²) in [5.41, 5.74) is 5.15. The molecule has 3 rings (SSSR count). The van der Waals surface area contributed by atoms with Gasteiger partial charge in [-0.2, -0.15) is 0 Å². The third kappa shape index (κ3) is 2.99. The molecule has 0 aliphatic heterocycles. The van der Waals surface area contributed by atoms with Gasteiger partial charge < -0.3 is 14.0 Å². The van der Waals surface area contributed by atoms with Crippen molar-refractivity contribution in [1.29, 1.82) is 0 Å². The van der Waals surface area contributed by atoms with Crippen LogP contribution in [0.3, 0.4) is 0 Å². The van der Waals surface area contributed by atoms with Crippen LogP contribution in [-0.2, 0) is 4.74 Å². The highest BCUT2D eigenvalue weighted by atomic mass is 16.5. The van der Waals surface area contributed by atoms with Crippen LogP contribution < -0.4 is 4.74 Å². The van der Waals surface area contributed by atoms with Crippen LogP contribution in [0.5, 0.6) is 5.75 Å². The van der Waals surface area contributed by atoms with E-state index in [4.69, 9.17) is 9.47 Å². The number of hydrogen-bond donors (Lipinski definition) is 0. The van der Waals surface area contributed by atoms with E-state index >= 15 is 0 Å². The Morgan fingerprint density at radius 2 is 1.62 bits per heavy atom. The summed E-state index contributed by atoms with van der Waals surface area (Å²) in [6.07, 6.45) is 0. The first-order chi connectivity index (χ1) is 12.6. The van der Waals surface area contributed by atoms with Gasteiger partial charge in [0.2, 0.25) is 0 Å². The number of rotatable bonds is 5. The molecule has 0 aliphatic rings. The highest BCUT2D eigenvalue weighted by molar-refractivity contribution is 6.01. The molecule has 0 spiro atoms. The monoisotopic (exact) mass is 349 g/mol. The number of carbonyl (C=O) groups excluding carboxylic acids is 1. The summed E-state index contributed by atoms with van der Waals surface area (Å²) in [5, 5.41) is 0. The number of aromatic nitrogens is 1. The molecule has 0 radical (unpaired) electrons. The Kier molecular flexibility index (Phi) is 5.12. The SMILES string of the molecule is CCOC(=O)c1c(-c2ccccc2OC)c(C)n(-c2ccccc2)c1C. The van der Waals surface area contributed by atoms with E-state index in [1.165, 1.54) is 0 Å². The maximum absolute atomic E-state index is 12.8. The molecule has 0 unspecified atom stereocenters. The Hall–Kier alpha value is -3.01. The summed E-state index contributed by atoms with van der Waals surface area (Å²) >= 11 is 0. The van der Waals surface area contributed by atoms with Crippen molar-refractivity contribution < 1.29 is 14.3 Å². The van der Waals surface area contributed by atoms with Crippen LogP contribution in [0.1, 0.15) is 28.7 Å². The van der Waals surface area contributed by atoms with E-state index < -0.39 is 0 Å². The number of esters is 1. The average Bonchev–Trinajstić information content (AvgIpc) is 2.93. The Balaban J connectivity index is 2.34. The van der Waals surface area contributed by atoms with E-state index in [0.29, 0.717) is 12.2 Å². The minimum atomic E-state index is -0.316. The average molecular weight is 349 g/mol. The van der Waals surface area contributed by atoms with Gasteiger partial charge in [-0.05, 0) is 39.0 Å². The minimum absolute atomic E-state index is 0.316. The zero-order chi connectivity index (χ0) is 18.7. The lowest BCUT2D eigenvalue weighted by Crippen LogP contribution is -2.08. The highest BCUT2D eigenvalue weighted by Crippen LogP contribution is 2.39. The lowest BCUT2D eigenvalue weighted by molar-refractivity contribution is 0.0526. The second-order valence-electron chi connectivity index (χ2n) is 6.01. The zero-order valence-corrected chi connectivity index (χ0v) is 15.6. The fourth-order valence-corrected chi connectivity index (χ4v) is 3.44. The summed E-state index contributed by atoms with van der Waals surface area (Å²) in [5.74, 6) is 0.412. The second kappa shape index (κ2) is 7.48. The van der Waals surface area contributed by atoms with E-state index in [2.05, 4.69) is 4.57 Å². The molecule has 0 atom stereocenters. The first-order valence-corrected chi connectivity index (χ1v) is 8.68. The Morgan fingerprint density at radius 3 is 2.27 bits per heavy atom. The molecule has 3 aromatic rings. The van der Waals surface area contributed by atoms with Gasteiger partial charge in [-0.3, -0.25) is 0 Å². The van der Waals surface area contributed by atoms with Crippen molar-refractivity contribution >= 4 is 5.97 Å². The molecule has 1 aromatic heterocycles. The summed E-state index contributed by atoms with van der Waals surface area (Å²) < 4.78 is 13.0. The van der Waals surface area contributed by atoms with Gasteiger partial charge in [0.1, 0.15) is 5.75 Å². The van der Waals surface area contributed by atoms with Gasteiger partial charge in [-0.1, -0.05) is 36.4 Å². The molecule has 0 saturated heterocycles. The molecule has 4 heteroatoms. The topological polar surface area (TPSA) is 40.5 Å². The molecular weight excluding hydrogens is 326 g/mol. The molecule has 134 valence electrons. The van der Waals surface area contributed by atoms with Gasteiger partial charge in [-0.15, -0.1) is 0 Å². The van der Waals surface area contributed by atoms with Crippen LogP contribution in [0.15, 0.2) is 54.6 Å². The minimum Gasteiger partial charge on any atom is -0.496 e. The zero-order valence-electron chi connectivity index (χ0n) is 15.6. The Bertz CT molecular complexity index is 926. The third-order valence-corrected chi connectivity index (χ3v) is 4.51. The van der Waals surface area contributed by atoms with E-state index in [0.717, 1.165) is 34.0 Å². The number of nitrogens with zero attached hydrogens (tertiary/aromatic N) is 1. The van der Waals surface area contributed by atoms with Crippen LogP contribution in [0.25, 0.3) is 16.8 Å². The third-order valence-electron chi connectivity index (χ3n) is 4.51. The summed E-state index contributed by atoms with van der Waals surface area (Å²) in [6.45, 7) is 6.12. The van der Waals surface area contributed by atoms with Gasteiger partial charge in [-0.25, -0.2) is 4.79 Å². The molecule has 2 aromatic carbocycles. The molecule has 0 N–H and O–H groups in total. The molecule has 26 heavy (non-hydrogen) atoms. The molecular formula is C22H23NO3. The number of ether oxygens (including phenoxy) is 2. The van der Waals surface area contributed by atoms with Crippen molar-refractivity contribution in [2.45, 2.75) is 20.8 Å². The number of para-hydroxylation sites is 2. The second-order valence-corrected chi connectivity index (χ2v) is 6.01. The van der Waals surface area contributed by atoms with Crippen molar-refractivity contribution in [3.63, 3.8) is 0 Å². The molecule has 0 amide bonds. The molecule has 0 aliphatic carbocycles. The standard InChI is InChI=1S/C22H23NO3/c1-5-26-22(24)21-16(3)23(17-11-7-6-8-12-17)15(2)20(21)18-13-9-10-14-19(18)25-4/h6-14H,5H2,1-4H3. The number of methoxy groups -OCH3 is 1. The van der Waals surface area contributed by atoms with Gasteiger partial charge in [0, 0.05) is 28.2 Å². The number of hydrogen-bond acceptors (Lipinski definition) is 3. The van der Waals surface area contributed by atoms with E-state index in [1.54, 1.807) is 7.11 Å². The normalized spacial score (nSPS) is 10.6. The maximum atomic E-state index is 12.8. The van der Waals surface area contributed by atoms with Gasteiger partial charge in [0.25, 0.3) is 0 Å². The lowest BCUT2D eigenvalue weighted by Gasteiger charge is -2.11. The van der Waals surface area contributed by atoms with E-state index in [9.17, 15) is 4.79 Å². The Morgan fingerprint density at radius 1 is 0.962 bits per heavy atom. The van der Waals surface area contributed by atoms with Crippen LogP contribution in [0.4, 0.5) is 0 Å². The van der Waals surface area contributed by atoms with Crippen molar-refractivity contribution in [2.75, 3.05) is 13.7 Å². The lowest BCUT2D eigenvalue weighted by atomic mass is 9.99. The van der Waals surface area contributed by atoms with E-state index in [1.807, 2.05) is 75.4 Å². The molecule has 0 fully saturated rings. The van der Waals surface area contributed by atoms with Crippen molar-refractivity contribution in [3.8, 4) is 22.6 Å². The van der Waals surface area contributed by atoms with Crippen molar-refractivity contribution in [3.05, 3.63) is 71.5 Å². The van der Waals surface area contributed by atoms with Crippen LogP contribution in [0.2, 0.25) is 0 Å². The van der Waals surface area contributed by atoms with Gasteiger partial charge >= 0.3 is 5.97 Å². The predicted octanol–water partition coefficient (Wildman–Crippen LogP) is 4.95. The summed E-state index contributed by atoms with van der Waals surface area (Å²) in [7, 11) is 1.64. The fourth-order valence-electron chi connectivity index (χ4n) is 3.44. The first kappa shape index (κ1) is 17.8. The van der Waals surface area contributed by atoms with E-state index in [-0.39, 0.29) is 5.97 Å². The van der Waals surface area contributed by atoms with Crippen LogP contribution in [-0.4, -0.2) is 24.3 Å². The quantitative estimate of drug-likeness (QED) is 0.612. The summed E-state index contributed by atoms with van der Waals surface area (Å²) in [4.78, 5) is 12.8. The number of benzene rings is 2. The largest absolute Gasteiger partial charge is 0.496 e. The number of carbonyl (C=O) groups is 1. The Labute approximate surface area is 154 Å². The highest BCUT2D eigenvalue weighted by Gasteiger charge is 2.27. The van der Waals surface area contributed by atoms with Crippen LogP contribution in [0, 0.1) is 13.8 Å². The molecule has 0 bridgehead atoms. The van der Waals surface area contributed by atoms with Crippen LogP contribution >= 0.6 is 0 Å². The maximum Gasteiger partial charge on any atom is 0.340 e. The summed E-state index contributed by atoms with van der Waals surface area (Å²) in [6, 6.07) is 17.7. The predicted molar refractivity (Wildman–Crippen MR) is 103 cm³/mol. The van der Waals surface area contributed by atoms with Gasteiger partial charge in [0.05, 0.1) is 19.3 Å². The molecule has 1 heterocycles. The fraction of sp³-hybridized carbons (Fsp3) is 0.227. The smallest absolute Gasteiger partial charge is 0.340 e. The first-order valence-electron chi connectivity index (χ1n) is 8.68.